The highest BCUT2D eigenvalue weighted by Crippen LogP contribution is 2.38. The van der Waals surface area contributed by atoms with E-state index in [4.69, 9.17) is 0 Å². The molecule has 1 atom stereocenters. The van der Waals surface area contributed by atoms with Crippen molar-refractivity contribution in [3.63, 3.8) is 0 Å². The monoisotopic (exact) mass is 391 g/mol. The molecule has 1 aliphatic rings. The van der Waals surface area contributed by atoms with Gasteiger partial charge in [-0.2, -0.15) is 0 Å². The van der Waals surface area contributed by atoms with Crippen molar-refractivity contribution in [1.82, 2.24) is 0 Å². The number of benzene rings is 3. The van der Waals surface area contributed by atoms with Crippen LogP contribution in [0.15, 0.2) is 77.3 Å². The van der Waals surface area contributed by atoms with E-state index < -0.39 is 0 Å². The lowest BCUT2D eigenvalue weighted by Gasteiger charge is -2.39. The van der Waals surface area contributed by atoms with Crippen LogP contribution in [-0.4, -0.2) is 6.54 Å². The molecule has 0 fully saturated rings. The fraction of sp³-hybridized carbons (Fsp3) is 0.217. The van der Waals surface area contributed by atoms with E-state index in [2.05, 4.69) is 101 Å². The molecular formula is C23H22BrN. The summed E-state index contributed by atoms with van der Waals surface area (Å²) >= 11 is 3.57. The fourth-order valence-electron chi connectivity index (χ4n) is 3.80. The molecule has 1 aliphatic heterocycles. The van der Waals surface area contributed by atoms with Gasteiger partial charge in [-0.25, -0.2) is 0 Å². The number of aryl methyl sites for hydroxylation is 1. The van der Waals surface area contributed by atoms with E-state index >= 15 is 0 Å². The van der Waals surface area contributed by atoms with Crippen molar-refractivity contribution in [3.05, 3.63) is 99.5 Å². The molecule has 25 heavy (non-hydrogen) atoms. The quantitative estimate of drug-likeness (QED) is 0.516. The predicted octanol–water partition coefficient (Wildman–Crippen LogP) is 6.16. The Labute approximate surface area is 158 Å². The van der Waals surface area contributed by atoms with Gasteiger partial charge in [0, 0.05) is 16.7 Å². The van der Waals surface area contributed by atoms with E-state index in [0.717, 1.165) is 23.9 Å². The van der Waals surface area contributed by atoms with Gasteiger partial charge in [-0.05, 0) is 59.4 Å². The number of anilines is 1. The molecule has 0 saturated heterocycles. The first kappa shape index (κ1) is 16.4. The van der Waals surface area contributed by atoms with Crippen LogP contribution in [0.2, 0.25) is 0 Å². The minimum absolute atomic E-state index is 0.269. The van der Waals surface area contributed by atoms with E-state index in [1.54, 1.807) is 0 Å². The average Bonchev–Trinajstić information content (AvgIpc) is 2.68. The van der Waals surface area contributed by atoms with Crippen molar-refractivity contribution >= 4 is 21.6 Å². The molecule has 2 heteroatoms. The van der Waals surface area contributed by atoms with Crippen LogP contribution >= 0.6 is 15.9 Å². The second-order valence-corrected chi connectivity index (χ2v) is 7.54. The molecule has 4 rings (SSSR count). The van der Waals surface area contributed by atoms with Gasteiger partial charge in [-0.15, -0.1) is 0 Å². The fourth-order valence-corrected chi connectivity index (χ4v) is 4.07. The molecule has 0 radical (unpaired) electrons. The highest BCUT2D eigenvalue weighted by atomic mass is 79.9. The van der Waals surface area contributed by atoms with Gasteiger partial charge in [0.25, 0.3) is 0 Å². The van der Waals surface area contributed by atoms with Crippen LogP contribution in [0.25, 0.3) is 0 Å². The molecular weight excluding hydrogens is 370 g/mol. The van der Waals surface area contributed by atoms with Gasteiger partial charge in [0.2, 0.25) is 0 Å². The standard InChI is InChI=1S/C23H22BrN/c1-2-17-8-13-22-19(16-17)14-15-25(21-6-4-3-5-7-21)23(22)18-9-11-20(24)12-10-18/h3-13,16,23H,2,14-15H2,1H3. The number of rotatable bonds is 3. The van der Waals surface area contributed by atoms with Gasteiger partial charge < -0.3 is 4.90 Å². The number of fused-ring (bicyclic) bond motifs is 1. The number of halogens is 1. The third kappa shape index (κ3) is 3.23. The zero-order chi connectivity index (χ0) is 17.2. The molecule has 1 unspecified atom stereocenters. The maximum absolute atomic E-state index is 3.57. The number of hydrogen-bond donors (Lipinski definition) is 0. The van der Waals surface area contributed by atoms with Crippen molar-refractivity contribution < 1.29 is 0 Å². The lowest BCUT2D eigenvalue weighted by Crippen LogP contribution is -2.36. The summed E-state index contributed by atoms with van der Waals surface area (Å²) in [7, 11) is 0. The van der Waals surface area contributed by atoms with Gasteiger partial charge in [-0.1, -0.05) is 71.4 Å². The van der Waals surface area contributed by atoms with Crippen LogP contribution in [-0.2, 0) is 12.8 Å². The van der Waals surface area contributed by atoms with Crippen molar-refractivity contribution in [2.75, 3.05) is 11.4 Å². The van der Waals surface area contributed by atoms with Crippen LogP contribution in [0.5, 0.6) is 0 Å². The summed E-state index contributed by atoms with van der Waals surface area (Å²) in [4.78, 5) is 2.54. The van der Waals surface area contributed by atoms with Crippen LogP contribution in [0, 0.1) is 0 Å². The largest absolute Gasteiger partial charge is 0.360 e. The maximum atomic E-state index is 3.57. The van der Waals surface area contributed by atoms with Crippen molar-refractivity contribution in [3.8, 4) is 0 Å². The first-order chi connectivity index (χ1) is 12.3. The third-order valence-electron chi connectivity index (χ3n) is 5.12. The topological polar surface area (TPSA) is 3.24 Å². The van der Waals surface area contributed by atoms with Crippen molar-refractivity contribution in [1.29, 1.82) is 0 Å². The summed E-state index contributed by atoms with van der Waals surface area (Å²) < 4.78 is 1.12. The number of para-hydroxylation sites is 1. The van der Waals surface area contributed by atoms with Crippen LogP contribution < -0.4 is 4.90 Å². The van der Waals surface area contributed by atoms with Crippen LogP contribution in [0.3, 0.4) is 0 Å². The number of nitrogens with zero attached hydrogens (tertiary/aromatic N) is 1. The lowest BCUT2D eigenvalue weighted by atomic mass is 9.86. The van der Waals surface area contributed by atoms with Gasteiger partial charge >= 0.3 is 0 Å². The van der Waals surface area contributed by atoms with Gasteiger partial charge in [0.1, 0.15) is 0 Å². The number of hydrogen-bond acceptors (Lipinski definition) is 1. The zero-order valence-corrected chi connectivity index (χ0v) is 16.0. The van der Waals surface area contributed by atoms with E-state index in [1.165, 1.54) is 27.9 Å². The minimum Gasteiger partial charge on any atom is -0.360 e. The zero-order valence-electron chi connectivity index (χ0n) is 14.5. The average molecular weight is 392 g/mol. The molecule has 0 aromatic heterocycles. The minimum atomic E-state index is 0.269. The van der Waals surface area contributed by atoms with E-state index in [9.17, 15) is 0 Å². The molecule has 126 valence electrons. The summed E-state index contributed by atoms with van der Waals surface area (Å²) in [6, 6.07) is 26.9. The SMILES string of the molecule is CCc1ccc2c(c1)CCN(c1ccccc1)C2c1ccc(Br)cc1. The van der Waals surface area contributed by atoms with Crippen molar-refractivity contribution in [2.24, 2.45) is 0 Å². The molecule has 0 saturated carbocycles. The summed E-state index contributed by atoms with van der Waals surface area (Å²) in [5.41, 5.74) is 7.01. The van der Waals surface area contributed by atoms with Gasteiger partial charge in [-0.3, -0.25) is 0 Å². The normalized spacial score (nSPS) is 16.6. The summed E-state index contributed by atoms with van der Waals surface area (Å²) in [6.45, 7) is 3.28. The van der Waals surface area contributed by atoms with Crippen molar-refractivity contribution in [2.45, 2.75) is 25.8 Å². The Morgan fingerprint density at radius 2 is 1.72 bits per heavy atom. The molecule has 0 spiro atoms. The third-order valence-corrected chi connectivity index (χ3v) is 5.65. The molecule has 1 nitrogen and oxygen atoms in total. The smallest absolute Gasteiger partial charge is 0.0798 e. The molecule has 0 N–H and O–H groups in total. The van der Waals surface area contributed by atoms with Gasteiger partial charge in [0.15, 0.2) is 0 Å². The Morgan fingerprint density at radius 3 is 2.44 bits per heavy atom. The maximum Gasteiger partial charge on any atom is 0.0798 e. The van der Waals surface area contributed by atoms with E-state index in [-0.39, 0.29) is 6.04 Å². The Bertz CT molecular complexity index is 855. The Kier molecular flexibility index (Phi) is 4.63. The van der Waals surface area contributed by atoms with E-state index in [1.807, 2.05) is 0 Å². The molecule has 0 bridgehead atoms. The predicted molar refractivity (Wildman–Crippen MR) is 109 cm³/mol. The highest BCUT2D eigenvalue weighted by Gasteiger charge is 2.29. The van der Waals surface area contributed by atoms with Crippen LogP contribution in [0.4, 0.5) is 5.69 Å². The Balaban J connectivity index is 1.84. The second kappa shape index (κ2) is 7.05. The molecule has 1 heterocycles. The molecule has 0 aliphatic carbocycles. The summed E-state index contributed by atoms with van der Waals surface area (Å²) in [5.74, 6) is 0. The second-order valence-electron chi connectivity index (χ2n) is 6.62. The molecule has 3 aromatic carbocycles. The first-order valence-electron chi connectivity index (χ1n) is 8.95. The van der Waals surface area contributed by atoms with Crippen LogP contribution in [0.1, 0.15) is 35.2 Å². The Hall–Kier alpha value is -2.06. The van der Waals surface area contributed by atoms with Gasteiger partial charge in [0.05, 0.1) is 6.04 Å². The molecule has 3 aromatic rings. The van der Waals surface area contributed by atoms with E-state index in [0.29, 0.717) is 0 Å². The lowest BCUT2D eigenvalue weighted by molar-refractivity contribution is 0.652. The molecule has 0 amide bonds. The highest BCUT2D eigenvalue weighted by molar-refractivity contribution is 9.10. The summed E-state index contributed by atoms with van der Waals surface area (Å²) in [6.07, 6.45) is 2.20. The summed E-state index contributed by atoms with van der Waals surface area (Å²) in [5, 5.41) is 0. The Morgan fingerprint density at radius 1 is 0.960 bits per heavy atom. The first-order valence-corrected chi connectivity index (χ1v) is 9.74.